The van der Waals surface area contributed by atoms with Gasteiger partial charge in [0.15, 0.2) is 5.96 Å². The number of nitrogens with zero attached hydrogens (tertiary/aromatic N) is 2. The molecule has 1 aromatic heterocycles. The molecule has 2 rings (SSSR count). The largest absolute Gasteiger partial charge is 0.357 e. The SMILES string of the molecule is CCNC(=NCC(c1cccs1)N1CCCC1)NCCS(C)(=O)=O.I. The van der Waals surface area contributed by atoms with E-state index in [1.165, 1.54) is 24.0 Å². The van der Waals surface area contributed by atoms with Crippen LogP contribution >= 0.6 is 35.3 Å². The van der Waals surface area contributed by atoms with Crippen LogP contribution in [0.4, 0.5) is 0 Å². The number of hydrogen-bond donors (Lipinski definition) is 2. The Hall–Kier alpha value is -0.390. The van der Waals surface area contributed by atoms with Gasteiger partial charge in [-0.05, 0) is 44.3 Å². The highest BCUT2D eigenvalue weighted by molar-refractivity contribution is 14.0. The fraction of sp³-hybridized carbons (Fsp3) is 0.688. The minimum Gasteiger partial charge on any atom is -0.357 e. The summed E-state index contributed by atoms with van der Waals surface area (Å²) in [7, 11) is -2.97. The molecule has 1 unspecified atom stereocenters. The van der Waals surface area contributed by atoms with Crippen LogP contribution in [0.3, 0.4) is 0 Å². The normalized spacial score (nSPS) is 17.1. The summed E-state index contributed by atoms with van der Waals surface area (Å²) >= 11 is 1.77. The number of guanidine groups is 1. The summed E-state index contributed by atoms with van der Waals surface area (Å²) in [4.78, 5) is 8.53. The summed E-state index contributed by atoms with van der Waals surface area (Å²) < 4.78 is 22.5. The molecule has 1 aliphatic heterocycles. The molecule has 0 saturated carbocycles. The maximum atomic E-state index is 11.3. The van der Waals surface area contributed by atoms with Crippen LogP contribution in [0.5, 0.6) is 0 Å². The van der Waals surface area contributed by atoms with Gasteiger partial charge in [-0.3, -0.25) is 9.89 Å². The fourth-order valence-corrected chi connectivity index (χ4v) is 4.12. The summed E-state index contributed by atoms with van der Waals surface area (Å²) in [5.41, 5.74) is 0. The summed E-state index contributed by atoms with van der Waals surface area (Å²) in [5.74, 6) is 0.791. The Morgan fingerprint density at radius 2 is 2.08 bits per heavy atom. The Kier molecular flexibility index (Phi) is 10.3. The molecule has 0 spiro atoms. The standard InChI is InChI=1S/C16H28N4O2S2.HI/c1-3-17-16(18-8-12-24(2,21)22)19-13-14(15-7-6-11-23-15)20-9-4-5-10-20;/h6-7,11,14H,3-5,8-10,12-13H2,1-2H3,(H2,17,18,19);1H. The van der Waals surface area contributed by atoms with Gasteiger partial charge in [0, 0.05) is 24.2 Å². The molecule has 9 heteroatoms. The highest BCUT2D eigenvalue weighted by Crippen LogP contribution is 2.28. The second kappa shape index (κ2) is 11.3. The van der Waals surface area contributed by atoms with Gasteiger partial charge in [0.1, 0.15) is 9.84 Å². The van der Waals surface area contributed by atoms with Gasteiger partial charge in [-0.2, -0.15) is 0 Å². The van der Waals surface area contributed by atoms with Gasteiger partial charge in [0.05, 0.1) is 18.3 Å². The van der Waals surface area contributed by atoms with E-state index in [1.54, 1.807) is 11.3 Å². The molecule has 1 aromatic rings. The van der Waals surface area contributed by atoms with E-state index in [4.69, 9.17) is 4.99 Å². The summed E-state index contributed by atoms with van der Waals surface area (Å²) in [6, 6.07) is 4.56. The first-order valence-corrected chi connectivity index (χ1v) is 11.4. The van der Waals surface area contributed by atoms with Gasteiger partial charge in [0.2, 0.25) is 0 Å². The van der Waals surface area contributed by atoms with Gasteiger partial charge in [-0.25, -0.2) is 8.42 Å². The Morgan fingerprint density at radius 1 is 1.36 bits per heavy atom. The third-order valence-electron chi connectivity index (χ3n) is 3.98. The molecule has 0 aliphatic carbocycles. The third kappa shape index (κ3) is 8.23. The zero-order valence-corrected chi connectivity index (χ0v) is 18.9. The summed E-state index contributed by atoms with van der Waals surface area (Å²) in [6.45, 7) is 6.04. The van der Waals surface area contributed by atoms with Gasteiger partial charge in [-0.1, -0.05) is 6.07 Å². The van der Waals surface area contributed by atoms with Gasteiger partial charge in [-0.15, -0.1) is 35.3 Å². The van der Waals surface area contributed by atoms with Crippen molar-refractivity contribution in [3.05, 3.63) is 22.4 Å². The van der Waals surface area contributed by atoms with Crippen molar-refractivity contribution < 1.29 is 8.42 Å². The average molecular weight is 500 g/mol. The van der Waals surface area contributed by atoms with Crippen LogP contribution in [0, 0.1) is 0 Å². The van der Waals surface area contributed by atoms with Crippen molar-refractivity contribution >= 4 is 51.1 Å². The van der Waals surface area contributed by atoms with E-state index in [9.17, 15) is 8.42 Å². The Bertz CT molecular complexity index is 614. The second-order valence-electron chi connectivity index (χ2n) is 6.05. The topological polar surface area (TPSA) is 73.8 Å². The average Bonchev–Trinajstić information content (AvgIpc) is 3.20. The molecule has 1 saturated heterocycles. The number of halogens is 1. The van der Waals surface area contributed by atoms with Crippen LogP contribution in [0.2, 0.25) is 0 Å². The van der Waals surface area contributed by atoms with Crippen LogP contribution in [0.15, 0.2) is 22.5 Å². The number of hydrogen-bond acceptors (Lipinski definition) is 5. The van der Waals surface area contributed by atoms with Crippen molar-refractivity contribution in [1.82, 2.24) is 15.5 Å². The number of sulfone groups is 1. The van der Waals surface area contributed by atoms with Crippen LogP contribution < -0.4 is 10.6 Å². The van der Waals surface area contributed by atoms with E-state index in [-0.39, 0.29) is 29.7 Å². The van der Waals surface area contributed by atoms with Crippen molar-refractivity contribution in [2.45, 2.75) is 25.8 Å². The third-order valence-corrected chi connectivity index (χ3v) is 5.90. The lowest BCUT2D eigenvalue weighted by atomic mass is 10.2. The van der Waals surface area contributed by atoms with Crippen LogP contribution in [0.25, 0.3) is 0 Å². The zero-order chi connectivity index (χ0) is 17.4. The molecule has 1 fully saturated rings. The molecule has 1 atom stereocenters. The van der Waals surface area contributed by atoms with Crippen LogP contribution in [-0.4, -0.2) is 64.0 Å². The molecular formula is C16H29IN4O2S2. The molecule has 2 N–H and O–H groups in total. The smallest absolute Gasteiger partial charge is 0.191 e. The van der Waals surface area contributed by atoms with E-state index in [1.807, 2.05) is 6.92 Å². The quantitative estimate of drug-likeness (QED) is 0.325. The van der Waals surface area contributed by atoms with Crippen LogP contribution in [-0.2, 0) is 9.84 Å². The molecule has 144 valence electrons. The molecule has 0 radical (unpaired) electrons. The Balaban J connectivity index is 0.00000312. The van der Waals surface area contributed by atoms with E-state index in [0.717, 1.165) is 19.6 Å². The lowest BCUT2D eigenvalue weighted by Crippen LogP contribution is -2.40. The number of likely N-dealkylation sites (tertiary alicyclic amines) is 1. The first kappa shape index (κ1) is 22.7. The van der Waals surface area contributed by atoms with Crippen molar-refractivity contribution in [2.75, 3.05) is 44.7 Å². The number of nitrogens with one attached hydrogen (secondary N) is 2. The monoisotopic (exact) mass is 500 g/mol. The minimum absolute atomic E-state index is 0. The molecule has 0 amide bonds. The molecular weight excluding hydrogens is 471 g/mol. The zero-order valence-electron chi connectivity index (χ0n) is 14.9. The minimum atomic E-state index is -2.97. The molecule has 6 nitrogen and oxygen atoms in total. The van der Waals surface area contributed by atoms with Crippen molar-refractivity contribution in [3.63, 3.8) is 0 Å². The molecule has 2 heterocycles. The lowest BCUT2D eigenvalue weighted by molar-refractivity contribution is 0.255. The number of rotatable bonds is 8. The number of thiophene rings is 1. The highest BCUT2D eigenvalue weighted by Gasteiger charge is 2.24. The van der Waals surface area contributed by atoms with Crippen LogP contribution in [0.1, 0.15) is 30.7 Å². The maximum Gasteiger partial charge on any atom is 0.191 e. The van der Waals surface area contributed by atoms with Gasteiger partial charge >= 0.3 is 0 Å². The Labute approximate surface area is 172 Å². The van der Waals surface area contributed by atoms with E-state index < -0.39 is 9.84 Å². The van der Waals surface area contributed by atoms with Gasteiger partial charge in [0.25, 0.3) is 0 Å². The van der Waals surface area contributed by atoms with E-state index in [2.05, 4.69) is 33.0 Å². The van der Waals surface area contributed by atoms with E-state index in [0.29, 0.717) is 25.1 Å². The second-order valence-corrected chi connectivity index (χ2v) is 9.29. The highest BCUT2D eigenvalue weighted by atomic mass is 127. The summed E-state index contributed by atoms with van der Waals surface area (Å²) in [6.07, 6.45) is 3.75. The summed E-state index contributed by atoms with van der Waals surface area (Å²) in [5, 5.41) is 8.41. The predicted molar refractivity (Wildman–Crippen MR) is 117 cm³/mol. The number of aliphatic imine (C=N–C) groups is 1. The molecule has 1 aliphatic rings. The van der Waals surface area contributed by atoms with Crippen molar-refractivity contribution in [3.8, 4) is 0 Å². The lowest BCUT2D eigenvalue weighted by Gasteiger charge is -2.25. The van der Waals surface area contributed by atoms with Crippen molar-refractivity contribution in [1.29, 1.82) is 0 Å². The molecule has 0 bridgehead atoms. The molecule has 25 heavy (non-hydrogen) atoms. The first-order chi connectivity index (χ1) is 11.5. The predicted octanol–water partition coefficient (Wildman–Crippen LogP) is 2.10. The van der Waals surface area contributed by atoms with Gasteiger partial charge < -0.3 is 10.6 Å². The fourth-order valence-electron chi connectivity index (χ4n) is 2.79. The maximum absolute atomic E-state index is 11.3. The Morgan fingerprint density at radius 3 is 2.64 bits per heavy atom. The molecule has 0 aromatic carbocycles. The van der Waals surface area contributed by atoms with Crippen molar-refractivity contribution in [2.24, 2.45) is 4.99 Å². The van der Waals surface area contributed by atoms with E-state index >= 15 is 0 Å². The first-order valence-electron chi connectivity index (χ1n) is 8.47.